The van der Waals surface area contributed by atoms with Crippen LogP contribution in [0.1, 0.15) is 10.4 Å². The smallest absolute Gasteiger partial charge is 0.254 e. The number of benzene rings is 3. The summed E-state index contributed by atoms with van der Waals surface area (Å²) in [5.74, 6) is 1.18. The van der Waals surface area contributed by atoms with E-state index >= 15 is 0 Å². The topological polar surface area (TPSA) is 64.1 Å². The second-order valence-electron chi connectivity index (χ2n) is 6.24. The van der Waals surface area contributed by atoms with Crippen LogP contribution in [-0.4, -0.2) is 29.0 Å². The van der Waals surface area contributed by atoms with Crippen molar-refractivity contribution >= 4 is 16.7 Å². The van der Waals surface area contributed by atoms with Crippen LogP contribution in [0.25, 0.3) is 22.2 Å². The monoisotopic (exact) mass is 369 g/mol. The average molecular weight is 369 g/mol. The zero-order chi connectivity index (χ0) is 19.2. The van der Waals surface area contributed by atoms with E-state index in [2.05, 4.69) is 15.3 Å². The highest BCUT2D eigenvalue weighted by Crippen LogP contribution is 2.24. The van der Waals surface area contributed by atoms with Crippen LogP contribution in [0, 0.1) is 0 Å². The van der Waals surface area contributed by atoms with E-state index < -0.39 is 0 Å². The Morgan fingerprint density at radius 2 is 1.57 bits per heavy atom. The fourth-order valence-electron chi connectivity index (χ4n) is 2.93. The van der Waals surface area contributed by atoms with Crippen molar-refractivity contribution in [2.24, 2.45) is 0 Å². The van der Waals surface area contributed by atoms with E-state index in [-0.39, 0.29) is 5.91 Å². The minimum atomic E-state index is -0.221. The van der Waals surface area contributed by atoms with Crippen molar-refractivity contribution in [1.82, 2.24) is 15.3 Å². The molecule has 4 rings (SSSR count). The van der Waals surface area contributed by atoms with Gasteiger partial charge in [-0.05, 0) is 11.5 Å². The lowest BCUT2D eigenvalue weighted by atomic mass is 10.1. The molecule has 0 aliphatic carbocycles. The van der Waals surface area contributed by atoms with Crippen LogP contribution in [0.3, 0.4) is 0 Å². The molecule has 1 heterocycles. The summed E-state index contributed by atoms with van der Waals surface area (Å²) in [7, 11) is 0. The lowest BCUT2D eigenvalue weighted by Crippen LogP contribution is -2.28. The van der Waals surface area contributed by atoms with E-state index in [4.69, 9.17) is 4.74 Å². The number of hydrogen-bond acceptors (Lipinski definition) is 4. The predicted octanol–water partition coefficient (Wildman–Crippen LogP) is 4.11. The highest BCUT2D eigenvalue weighted by molar-refractivity contribution is 5.93. The fraction of sp³-hybridized carbons (Fsp3) is 0.0870. The molecular formula is C23H19N3O2. The van der Waals surface area contributed by atoms with Crippen molar-refractivity contribution < 1.29 is 9.53 Å². The molecule has 1 amide bonds. The SMILES string of the molecule is O=C(NCCOc1cccc2ccccc12)c1cnc(-c2ccccc2)nc1. The van der Waals surface area contributed by atoms with Crippen molar-refractivity contribution in [2.75, 3.05) is 13.2 Å². The Morgan fingerprint density at radius 1 is 0.857 bits per heavy atom. The van der Waals surface area contributed by atoms with E-state index in [9.17, 15) is 4.79 Å². The van der Waals surface area contributed by atoms with E-state index in [0.29, 0.717) is 24.5 Å². The molecule has 0 unspecified atom stereocenters. The first-order chi connectivity index (χ1) is 13.8. The van der Waals surface area contributed by atoms with Gasteiger partial charge in [-0.25, -0.2) is 9.97 Å². The molecule has 0 radical (unpaired) electrons. The number of nitrogens with one attached hydrogen (secondary N) is 1. The highest BCUT2D eigenvalue weighted by Gasteiger charge is 2.08. The molecule has 28 heavy (non-hydrogen) atoms. The van der Waals surface area contributed by atoms with Crippen molar-refractivity contribution in [2.45, 2.75) is 0 Å². The number of amides is 1. The van der Waals surface area contributed by atoms with Crippen LogP contribution in [0.2, 0.25) is 0 Å². The molecule has 0 aliphatic rings. The first kappa shape index (κ1) is 17.7. The van der Waals surface area contributed by atoms with Crippen molar-refractivity contribution in [3.05, 3.63) is 90.8 Å². The van der Waals surface area contributed by atoms with Crippen LogP contribution in [0.4, 0.5) is 0 Å². The second kappa shape index (κ2) is 8.31. The van der Waals surface area contributed by atoms with Crippen LogP contribution in [0.15, 0.2) is 85.2 Å². The van der Waals surface area contributed by atoms with Gasteiger partial charge in [0.15, 0.2) is 5.82 Å². The molecule has 0 saturated carbocycles. The summed E-state index contributed by atoms with van der Waals surface area (Å²) in [5.41, 5.74) is 1.34. The van der Waals surface area contributed by atoms with Gasteiger partial charge in [0.25, 0.3) is 5.91 Å². The first-order valence-corrected chi connectivity index (χ1v) is 9.07. The maximum Gasteiger partial charge on any atom is 0.254 e. The summed E-state index contributed by atoms with van der Waals surface area (Å²) in [6.45, 7) is 0.769. The molecular weight excluding hydrogens is 350 g/mol. The van der Waals surface area contributed by atoms with Crippen LogP contribution >= 0.6 is 0 Å². The molecule has 5 nitrogen and oxygen atoms in total. The number of carbonyl (C=O) groups is 1. The van der Waals surface area contributed by atoms with Gasteiger partial charge in [0.05, 0.1) is 12.1 Å². The van der Waals surface area contributed by atoms with E-state index in [0.717, 1.165) is 22.1 Å². The zero-order valence-corrected chi connectivity index (χ0v) is 15.2. The molecule has 1 N–H and O–H groups in total. The third-order valence-electron chi connectivity index (χ3n) is 4.34. The van der Waals surface area contributed by atoms with Gasteiger partial charge >= 0.3 is 0 Å². The Balaban J connectivity index is 1.32. The number of ether oxygens (including phenoxy) is 1. The molecule has 4 aromatic rings. The van der Waals surface area contributed by atoms with E-state index in [1.165, 1.54) is 12.4 Å². The van der Waals surface area contributed by atoms with Crippen LogP contribution in [-0.2, 0) is 0 Å². The Kier molecular flexibility index (Phi) is 5.24. The van der Waals surface area contributed by atoms with Gasteiger partial charge in [-0.2, -0.15) is 0 Å². The standard InChI is InChI=1S/C23H19N3O2/c27-23(19-15-25-22(26-16-19)18-8-2-1-3-9-18)24-13-14-28-21-12-6-10-17-7-4-5-11-20(17)21/h1-12,15-16H,13-14H2,(H,24,27). The van der Waals surface area contributed by atoms with Crippen LogP contribution < -0.4 is 10.1 Å². The van der Waals surface area contributed by atoms with Crippen LogP contribution in [0.5, 0.6) is 5.75 Å². The van der Waals surface area contributed by atoms with Gasteiger partial charge in [-0.15, -0.1) is 0 Å². The van der Waals surface area contributed by atoms with E-state index in [1.54, 1.807) is 0 Å². The maximum absolute atomic E-state index is 12.3. The maximum atomic E-state index is 12.3. The molecule has 5 heteroatoms. The predicted molar refractivity (Wildman–Crippen MR) is 109 cm³/mol. The first-order valence-electron chi connectivity index (χ1n) is 9.07. The molecule has 0 spiro atoms. The third kappa shape index (κ3) is 3.99. The lowest BCUT2D eigenvalue weighted by molar-refractivity contribution is 0.0946. The van der Waals surface area contributed by atoms with Gasteiger partial charge < -0.3 is 10.1 Å². The average Bonchev–Trinajstić information content (AvgIpc) is 2.77. The minimum Gasteiger partial charge on any atom is -0.491 e. The van der Waals surface area contributed by atoms with Crippen molar-refractivity contribution in [3.63, 3.8) is 0 Å². The number of carbonyl (C=O) groups excluding carboxylic acids is 1. The van der Waals surface area contributed by atoms with Gasteiger partial charge in [-0.1, -0.05) is 66.7 Å². The summed E-state index contributed by atoms with van der Waals surface area (Å²) in [4.78, 5) is 20.8. The Bertz CT molecular complexity index is 1070. The molecule has 0 fully saturated rings. The summed E-state index contributed by atoms with van der Waals surface area (Å²) in [6, 6.07) is 23.6. The number of nitrogens with zero attached hydrogens (tertiary/aromatic N) is 2. The van der Waals surface area contributed by atoms with Crippen molar-refractivity contribution in [3.8, 4) is 17.1 Å². The molecule has 3 aromatic carbocycles. The van der Waals surface area contributed by atoms with Gasteiger partial charge in [0.1, 0.15) is 12.4 Å². The molecule has 138 valence electrons. The summed E-state index contributed by atoms with van der Waals surface area (Å²) in [5, 5.41) is 5.01. The lowest BCUT2D eigenvalue weighted by Gasteiger charge is -2.10. The Morgan fingerprint density at radius 3 is 2.39 bits per heavy atom. The molecule has 0 aliphatic heterocycles. The molecule has 1 aromatic heterocycles. The van der Waals surface area contributed by atoms with Gasteiger partial charge in [0, 0.05) is 23.3 Å². The largest absolute Gasteiger partial charge is 0.491 e. The molecule has 0 bridgehead atoms. The highest BCUT2D eigenvalue weighted by atomic mass is 16.5. The van der Waals surface area contributed by atoms with Gasteiger partial charge in [0.2, 0.25) is 0 Å². The minimum absolute atomic E-state index is 0.221. The third-order valence-corrected chi connectivity index (χ3v) is 4.34. The second-order valence-corrected chi connectivity index (χ2v) is 6.24. The van der Waals surface area contributed by atoms with Crippen molar-refractivity contribution in [1.29, 1.82) is 0 Å². The summed E-state index contributed by atoms with van der Waals surface area (Å²) < 4.78 is 5.84. The normalized spacial score (nSPS) is 10.6. The number of hydrogen-bond donors (Lipinski definition) is 1. The van der Waals surface area contributed by atoms with Gasteiger partial charge in [-0.3, -0.25) is 4.79 Å². The molecule has 0 atom stereocenters. The number of rotatable bonds is 6. The number of aromatic nitrogens is 2. The number of fused-ring (bicyclic) bond motifs is 1. The zero-order valence-electron chi connectivity index (χ0n) is 15.2. The Hall–Kier alpha value is -3.73. The fourth-order valence-corrected chi connectivity index (χ4v) is 2.93. The Labute approximate surface area is 163 Å². The molecule has 0 saturated heterocycles. The summed E-state index contributed by atoms with van der Waals surface area (Å²) in [6.07, 6.45) is 3.08. The quantitative estimate of drug-likeness (QED) is 0.520. The summed E-state index contributed by atoms with van der Waals surface area (Å²) >= 11 is 0. The van der Waals surface area contributed by atoms with E-state index in [1.807, 2.05) is 72.8 Å².